The maximum Gasteiger partial charge on any atom is 0.267 e. The molecule has 1 rings (SSSR count). The maximum absolute atomic E-state index is 11.6. The van der Waals surface area contributed by atoms with Crippen LogP contribution in [0.2, 0.25) is 0 Å². The third kappa shape index (κ3) is 5.10. The smallest absolute Gasteiger partial charge is 0.267 e. The molecule has 1 aromatic rings. The van der Waals surface area contributed by atoms with Crippen molar-refractivity contribution in [1.82, 2.24) is 0 Å². The zero-order chi connectivity index (χ0) is 12.7. The summed E-state index contributed by atoms with van der Waals surface area (Å²) in [6.07, 6.45) is 1.32. The Morgan fingerprint density at radius 1 is 1.24 bits per heavy atom. The highest BCUT2D eigenvalue weighted by atomic mass is 32.2. The lowest BCUT2D eigenvalue weighted by Gasteiger charge is -2.04. The van der Waals surface area contributed by atoms with E-state index in [1.165, 1.54) is 0 Å². The fraction of sp³-hybridized carbons (Fsp3) is 0.417. The van der Waals surface area contributed by atoms with Crippen LogP contribution >= 0.6 is 0 Å². The van der Waals surface area contributed by atoms with E-state index in [1.54, 1.807) is 30.3 Å². The van der Waals surface area contributed by atoms with Crippen LogP contribution in [0.15, 0.2) is 30.3 Å². The Kier molecular flexibility index (Phi) is 5.31. The van der Waals surface area contributed by atoms with Crippen LogP contribution < -0.4 is 0 Å². The van der Waals surface area contributed by atoms with Gasteiger partial charge in [-0.05, 0) is 6.42 Å². The largest absolute Gasteiger partial charge is 0.291 e. The fourth-order valence-corrected chi connectivity index (χ4v) is 2.28. The van der Waals surface area contributed by atoms with E-state index >= 15 is 0 Å². The SMILES string of the molecule is CCCCS(=O)(=O)OCC(=O)c1ccccc1. The van der Waals surface area contributed by atoms with E-state index in [4.69, 9.17) is 0 Å². The zero-order valence-electron chi connectivity index (χ0n) is 9.76. The van der Waals surface area contributed by atoms with Gasteiger partial charge in [0.05, 0.1) is 5.75 Å². The van der Waals surface area contributed by atoms with Gasteiger partial charge in [0.25, 0.3) is 10.1 Å². The van der Waals surface area contributed by atoms with E-state index in [1.807, 2.05) is 6.92 Å². The first kappa shape index (κ1) is 13.9. The van der Waals surface area contributed by atoms with Gasteiger partial charge >= 0.3 is 0 Å². The van der Waals surface area contributed by atoms with Crippen molar-refractivity contribution in [2.24, 2.45) is 0 Å². The fourth-order valence-electron chi connectivity index (χ4n) is 1.23. The van der Waals surface area contributed by atoms with Gasteiger partial charge < -0.3 is 0 Å². The first-order valence-electron chi connectivity index (χ1n) is 5.50. The summed E-state index contributed by atoms with van der Waals surface area (Å²) in [6.45, 7) is 1.47. The quantitative estimate of drug-likeness (QED) is 0.553. The van der Waals surface area contributed by atoms with E-state index in [2.05, 4.69) is 4.18 Å². The number of carbonyl (C=O) groups excluding carboxylic acids is 1. The Labute approximate surface area is 102 Å². The van der Waals surface area contributed by atoms with Gasteiger partial charge in [0.2, 0.25) is 0 Å². The van der Waals surface area contributed by atoms with Crippen molar-refractivity contribution in [2.75, 3.05) is 12.4 Å². The molecule has 0 aliphatic carbocycles. The standard InChI is InChI=1S/C12H16O4S/c1-2-3-9-17(14,15)16-10-12(13)11-7-5-4-6-8-11/h4-8H,2-3,9-10H2,1H3. The van der Waals surface area contributed by atoms with E-state index in [0.29, 0.717) is 12.0 Å². The lowest BCUT2D eigenvalue weighted by molar-refractivity contribution is 0.0924. The Hall–Kier alpha value is -1.20. The van der Waals surface area contributed by atoms with Gasteiger partial charge in [0.1, 0.15) is 6.61 Å². The van der Waals surface area contributed by atoms with Gasteiger partial charge in [0.15, 0.2) is 5.78 Å². The number of rotatable bonds is 7. The Bertz CT molecular complexity index is 451. The summed E-state index contributed by atoms with van der Waals surface area (Å²) in [6, 6.07) is 8.49. The van der Waals surface area contributed by atoms with Crippen LogP contribution in [0.4, 0.5) is 0 Å². The van der Waals surface area contributed by atoms with Crippen LogP contribution in [0.3, 0.4) is 0 Å². The Balaban J connectivity index is 2.49. The molecule has 5 heteroatoms. The minimum Gasteiger partial charge on any atom is -0.291 e. The molecule has 0 atom stereocenters. The van der Waals surface area contributed by atoms with E-state index in [9.17, 15) is 13.2 Å². The molecule has 0 amide bonds. The van der Waals surface area contributed by atoms with Gasteiger partial charge in [-0.15, -0.1) is 0 Å². The van der Waals surface area contributed by atoms with Gasteiger partial charge in [-0.1, -0.05) is 43.7 Å². The monoisotopic (exact) mass is 256 g/mol. The minimum absolute atomic E-state index is 0.0361. The van der Waals surface area contributed by atoms with Crippen LogP contribution in [-0.2, 0) is 14.3 Å². The molecule has 94 valence electrons. The van der Waals surface area contributed by atoms with Crippen LogP contribution in [0, 0.1) is 0 Å². The summed E-state index contributed by atoms with van der Waals surface area (Å²) < 4.78 is 27.4. The molecular weight excluding hydrogens is 240 g/mol. The zero-order valence-corrected chi connectivity index (χ0v) is 10.6. The summed E-state index contributed by atoms with van der Waals surface area (Å²) in [5, 5.41) is 0. The lowest BCUT2D eigenvalue weighted by Crippen LogP contribution is -2.16. The number of hydrogen-bond donors (Lipinski definition) is 0. The second-order valence-electron chi connectivity index (χ2n) is 3.67. The molecule has 0 N–H and O–H groups in total. The number of unbranched alkanes of at least 4 members (excludes halogenated alkanes) is 1. The van der Waals surface area contributed by atoms with Gasteiger partial charge in [0, 0.05) is 5.56 Å². The number of carbonyl (C=O) groups is 1. The number of ketones is 1. The molecule has 1 aromatic carbocycles. The van der Waals surface area contributed by atoms with E-state index < -0.39 is 16.7 Å². The van der Waals surface area contributed by atoms with E-state index in [0.717, 1.165) is 6.42 Å². The van der Waals surface area contributed by atoms with Crippen molar-refractivity contribution < 1.29 is 17.4 Å². The maximum atomic E-state index is 11.6. The predicted octanol–water partition coefficient (Wildman–Crippen LogP) is 2.02. The molecule has 0 heterocycles. The van der Waals surface area contributed by atoms with Crippen molar-refractivity contribution in [1.29, 1.82) is 0 Å². The molecule has 4 nitrogen and oxygen atoms in total. The van der Waals surface area contributed by atoms with Gasteiger partial charge in [-0.3, -0.25) is 8.98 Å². The van der Waals surface area contributed by atoms with E-state index in [-0.39, 0.29) is 11.5 Å². The van der Waals surface area contributed by atoms with Crippen LogP contribution in [-0.4, -0.2) is 26.6 Å². The number of Topliss-reactive ketones (excluding diaryl/α,β-unsaturated/α-hetero) is 1. The Morgan fingerprint density at radius 3 is 2.47 bits per heavy atom. The molecule has 0 aromatic heterocycles. The molecule has 0 bridgehead atoms. The number of hydrogen-bond acceptors (Lipinski definition) is 4. The van der Waals surface area contributed by atoms with Crippen LogP contribution in [0.1, 0.15) is 30.1 Å². The molecule has 0 aliphatic heterocycles. The minimum atomic E-state index is -3.57. The average Bonchev–Trinajstić information content (AvgIpc) is 2.35. The summed E-state index contributed by atoms with van der Waals surface area (Å²) in [5.41, 5.74) is 0.457. The summed E-state index contributed by atoms with van der Waals surface area (Å²) in [5.74, 6) is -0.364. The molecule has 17 heavy (non-hydrogen) atoms. The average molecular weight is 256 g/mol. The molecule has 0 unspecified atom stereocenters. The predicted molar refractivity (Wildman–Crippen MR) is 65.4 cm³/mol. The normalized spacial score (nSPS) is 11.4. The molecular formula is C12H16O4S. The molecule has 0 radical (unpaired) electrons. The number of benzene rings is 1. The Morgan fingerprint density at radius 2 is 1.88 bits per heavy atom. The highest BCUT2D eigenvalue weighted by Crippen LogP contribution is 2.04. The second kappa shape index (κ2) is 6.51. The van der Waals surface area contributed by atoms with Crippen LogP contribution in [0.5, 0.6) is 0 Å². The van der Waals surface area contributed by atoms with Crippen molar-refractivity contribution in [3.05, 3.63) is 35.9 Å². The third-order valence-corrected chi connectivity index (χ3v) is 3.48. The van der Waals surface area contributed by atoms with Crippen molar-refractivity contribution in [3.63, 3.8) is 0 Å². The molecule has 0 aliphatic rings. The summed E-state index contributed by atoms with van der Waals surface area (Å²) >= 11 is 0. The highest BCUT2D eigenvalue weighted by molar-refractivity contribution is 7.86. The van der Waals surface area contributed by atoms with Crippen molar-refractivity contribution in [3.8, 4) is 0 Å². The van der Waals surface area contributed by atoms with Crippen molar-refractivity contribution >= 4 is 15.9 Å². The lowest BCUT2D eigenvalue weighted by atomic mass is 10.1. The first-order valence-corrected chi connectivity index (χ1v) is 7.08. The second-order valence-corrected chi connectivity index (χ2v) is 5.43. The first-order chi connectivity index (χ1) is 8.05. The molecule has 0 saturated heterocycles. The topological polar surface area (TPSA) is 60.4 Å². The van der Waals surface area contributed by atoms with Gasteiger partial charge in [-0.25, -0.2) is 0 Å². The molecule has 0 saturated carbocycles. The highest BCUT2D eigenvalue weighted by Gasteiger charge is 2.14. The van der Waals surface area contributed by atoms with Crippen LogP contribution in [0.25, 0.3) is 0 Å². The third-order valence-electron chi connectivity index (χ3n) is 2.21. The summed E-state index contributed by atoms with van der Waals surface area (Å²) in [7, 11) is -3.57. The molecule has 0 spiro atoms. The summed E-state index contributed by atoms with van der Waals surface area (Å²) in [4.78, 5) is 11.6. The molecule has 0 fully saturated rings. The van der Waals surface area contributed by atoms with Gasteiger partial charge in [-0.2, -0.15) is 8.42 Å². The van der Waals surface area contributed by atoms with Crippen molar-refractivity contribution in [2.45, 2.75) is 19.8 Å².